The number of nitrogens with zero attached hydrogens (tertiary/aromatic N) is 3. The van der Waals surface area contributed by atoms with Crippen LogP contribution in [0.15, 0.2) is 65.3 Å². The van der Waals surface area contributed by atoms with E-state index in [-0.39, 0.29) is 30.1 Å². The van der Waals surface area contributed by atoms with E-state index in [9.17, 15) is 19.2 Å². The number of fused-ring (bicyclic) bond motifs is 3. The summed E-state index contributed by atoms with van der Waals surface area (Å²) in [5.41, 5.74) is 3.09. The standard InChI is InChI=1S/C33H35N9O5/c1-18-33-40-28(19(2)47-33)32(46)35-14-8-6-12-24(38-31(45)27-16-25(41-42-27)23-11-5-7-13-34-23)29(43)39-26(30(44)37-18)15-20-17-36-22-10-4-3-9-21(20)22/h3-5,7,9-11,13,16-18,24,26,36H,6,8,12,14-15H2,1-2H3,(H,35,46)(H,37,44)(H,38,45)(H,39,43)(H,41,42)/t18-,24+,26-/m1/s1. The first kappa shape index (κ1) is 31.2. The Labute approximate surface area is 269 Å². The largest absolute Gasteiger partial charge is 0.443 e. The lowest BCUT2D eigenvalue weighted by molar-refractivity contribution is -0.130. The Balaban J connectivity index is 1.27. The second kappa shape index (κ2) is 13.7. The van der Waals surface area contributed by atoms with Crippen LogP contribution in [0, 0.1) is 6.92 Å². The number of hydrogen-bond acceptors (Lipinski definition) is 8. The van der Waals surface area contributed by atoms with Gasteiger partial charge in [-0.2, -0.15) is 5.10 Å². The van der Waals surface area contributed by atoms with Gasteiger partial charge < -0.3 is 30.7 Å². The highest BCUT2D eigenvalue weighted by molar-refractivity contribution is 5.98. The van der Waals surface area contributed by atoms with Crippen molar-refractivity contribution in [2.24, 2.45) is 0 Å². The van der Waals surface area contributed by atoms with E-state index in [0.29, 0.717) is 36.5 Å². The zero-order valence-electron chi connectivity index (χ0n) is 25.9. The molecular formula is C33H35N9O5. The molecule has 4 aromatic heterocycles. The molecule has 0 spiro atoms. The average molecular weight is 638 g/mol. The van der Waals surface area contributed by atoms with Crippen molar-refractivity contribution < 1.29 is 23.6 Å². The lowest BCUT2D eigenvalue weighted by atomic mass is 10.0. The third-order valence-electron chi connectivity index (χ3n) is 8.07. The minimum atomic E-state index is -1.02. The summed E-state index contributed by atoms with van der Waals surface area (Å²) in [4.78, 5) is 65.7. The fourth-order valence-electron chi connectivity index (χ4n) is 5.54. The summed E-state index contributed by atoms with van der Waals surface area (Å²) in [6.07, 6.45) is 4.87. The number of oxazole rings is 1. The van der Waals surface area contributed by atoms with Gasteiger partial charge in [-0.3, -0.25) is 29.3 Å². The zero-order valence-corrected chi connectivity index (χ0v) is 25.9. The third-order valence-corrected chi connectivity index (χ3v) is 8.07. The number of aryl methyl sites for hydroxylation is 1. The SMILES string of the molecule is Cc1oc2nc1C(=O)NCCCC[C@H](NC(=O)c1cc(-c3ccccn3)n[nH]1)C(=O)N[C@H](Cc1c[nH]c3ccccc13)C(=O)N[C@@H]2C. The quantitative estimate of drug-likeness (QED) is 0.169. The van der Waals surface area contributed by atoms with Crippen LogP contribution >= 0.6 is 0 Å². The average Bonchev–Trinajstić information content (AvgIpc) is 3.82. The van der Waals surface area contributed by atoms with Crippen LogP contribution in [-0.4, -0.2) is 67.4 Å². The Morgan fingerprint density at radius 2 is 1.85 bits per heavy atom. The summed E-state index contributed by atoms with van der Waals surface area (Å²) >= 11 is 0. The predicted octanol–water partition coefficient (Wildman–Crippen LogP) is 2.87. The van der Waals surface area contributed by atoms with Gasteiger partial charge in [-0.15, -0.1) is 0 Å². The highest BCUT2D eigenvalue weighted by Crippen LogP contribution is 2.21. The number of para-hydroxylation sites is 1. The molecule has 1 aliphatic rings. The molecule has 5 heterocycles. The van der Waals surface area contributed by atoms with Crippen LogP contribution in [0.5, 0.6) is 0 Å². The number of carbonyl (C=O) groups is 4. The normalized spacial score (nSPS) is 19.5. The lowest BCUT2D eigenvalue weighted by Crippen LogP contribution is -2.54. The smallest absolute Gasteiger partial charge is 0.273 e. The van der Waals surface area contributed by atoms with E-state index in [1.165, 1.54) is 0 Å². The Morgan fingerprint density at radius 3 is 2.68 bits per heavy atom. The number of aromatic amines is 2. The van der Waals surface area contributed by atoms with E-state index in [1.54, 1.807) is 38.2 Å². The maximum Gasteiger partial charge on any atom is 0.273 e. The number of pyridine rings is 1. The molecule has 6 N–H and O–H groups in total. The van der Waals surface area contributed by atoms with Crippen molar-refractivity contribution >= 4 is 34.5 Å². The van der Waals surface area contributed by atoms with Crippen molar-refractivity contribution in [3.8, 4) is 11.4 Å². The molecule has 14 heteroatoms. The van der Waals surface area contributed by atoms with Crippen LogP contribution in [0.3, 0.4) is 0 Å². The van der Waals surface area contributed by atoms with E-state index in [4.69, 9.17) is 4.42 Å². The Hall–Kier alpha value is -5.79. The number of rotatable bonds is 5. The van der Waals surface area contributed by atoms with Crippen molar-refractivity contribution in [1.82, 2.24) is 46.4 Å². The number of H-pyrrole nitrogens is 2. The van der Waals surface area contributed by atoms with Gasteiger partial charge in [0.2, 0.25) is 17.7 Å². The molecule has 2 bridgehead atoms. The van der Waals surface area contributed by atoms with Crippen LogP contribution in [0.1, 0.15) is 70.4 Å². The van der Waals surface area contributed by atoms with Crippen LogP contribution in [0.25, 0.3) is 22.3 Å². The van der Waals surface area contributed by atoms with Crippen LogP contribution in [0.4, 0.5) is 0 Å². The summed E-state index contributed by atoms with van der Waals surface area (Å²) in [6, 6.07) is 11.9. The summed E-state index contributed by atoms with van der Waals surface area (Å²) in [5, 5.41) is 19.2. The first-order chi connectivity index (χ1) is 22.8. The minimum absolute atomic E-state index is 0.145. The molecule has 0 aliphatic carbocycles. The topological polar surface area (TPSA) is 200 Å². The van der Waals surface area contributed by atoms with Gasteiger partial charge in [-0.05, 0) is 62.9 Å². The van der Waals surface area contributed by atoms with Gasteiger partial charge in [0.25, 0.3) is 11.8 Å². The van der Waals surface area contributed by atoms with Gasteiger partial charge in [0.1, 0.15) is 35.3 Å². The predicted molar refractivity (Wildman–Crippen MR) is 171 cm³/mol. The van der Waals surface area contributed by atoms with Crippen LogP contribution in [0.2, 0.25) is 0 Å². The molecule has 1 aromatic carbocycles. The van der Waals surface area contributed by atoms with Crippen molar-refractivity contribution in [2.45, 2.75) is 57.7 Å². The number of nitrogens with one attached hydrogen (secondary N) is 6. The highest BCUT2D eigenvalue weighted by atomic mass is 16.4. The van der Waals surface area contributed by atoms with Crippen LogP contribution in [-0.2, 0) is 16.0 Å². The molecule has 5 aromatic rings. The van der Waals surface area contributed by atoms with Crippen molar-refractivity contribution in [3.05, 3.63) is 89.5 Å². The Morgan fingerprint density at radius 1 is 1.02 bits per heavy atom. The molecule has 0 radical (unpaired) electrons. The van der Waals surface area contributed by atoms with Gasteiger partial charge in [-0.1, -0.05) is 24.3 Å². The summed E-state index contributed by atoms with van der Waals surface area (Å²) in [6.45, 7) is 3.65. The number of hydrogen-bond donors (Lipinski definition) is 6. The summed E-state index contributed by atoms with van der Waals surface area (Å²) in [5.74, 6) is -1.45. The van der Waals surface area contributed by atoms with Crippen molar-refractivity contribution in [2.75, 3.05) is 6.54 Å². The van der Waals surface area contributed by atoms with Crippen molar-refractivity contribution in [3.63, 3.8) is 0 Å². The zero-order chi connectivity index (χ0) is 32.9. The fourth-order valence-corrected chi connectivity index (χ4v) is 5.54. The van der Waals surface area contributed by atoms with Gasteiger partial charge >= 0.3 is 0 Å². The molecule has 14 nitrogen and oxygen atoms in total. The molecule has 0 saturated carbocycles. The highest BCUT2D eigenvalue weighted by Gasteiger charge is 2.30. The third kappa shape index (κ3) is 7.06. The fraction of sp³-hybridized carbons (Fsp3) is 0.303. The minimum Gasteiger partial charge on any atom is -0.443 e. The Kier molecular flexibility index (Phi) is 9.09. The molecule has 47 heavy (non-hydrogen) atoms. The Bertz CT molecular complexity index is 1910. The number of carbonyl (C=O) groups excluding carboxylic acids is 4. The second-order valence-electron chi connectivity index (χ2n) is 11.5. The number of amides is 4. The summed E-state index contributed by atoms with van der Waals surface area (Å²) in [7, 11) is 0. The molecule has 3 atom stereocenters. The van der Waals surface area contributed by atoms with E-state index >= 15 is 0 Å². The van der Waals surface area contributed by atoms with E-state index < -0.39 is 41.8 Å². The summed E-state index contributed by atoms with van der Waals surface area (Å²) < 4.78 is 5.74. The first-order valence-corrected chi connectivity index (χ1v) is 15.5. The maximum absolute atomic E-state index is 13.9. The molecule has 6 rings (SSSR count). The first-order valence-electron chi connectivity index (χ1n) is 15.5. The van der Waals surface area contributed by atoms with E-state index in [2.05, 4.69) is 46.4 Å². The molecule has 0 unspecified atom stereocenters. The molecule has 1 aliphatic heterocycles. The van der Waals surface area contributed by atoms with Crippen LogP contribution < -0.4 is 21.3 Å². The second-order valence-corrected chi connectivity index (χ2v) is 11.5. The lowest BCUT2D eigenvalue weighted by Gasteiger charge is -2.24. The monoisotopic (exact) mass is 637 g/mol. The van der Waals surface area contributed by atoms with Crippen molar-refractivity contribution in [1.29, 1.82) is 0 Å². The van der Waals surface area contributed by atoms with Gasteiger partial charge in [0.05, 0.1) is 5.69 Å². The van der Waals surface area contributed by atoms with E-state index in [1.807, 2.05) is 36.5 Å². The molecule has 0 saturated heterocycles. The number of aromatic nitrogens is 5. The van der Waals surface area contributed by atoms with Gasteiger partial charge in [-0.25, -0.2) is 4.98 Å². The maximum atomic E-state index is 13.9. The molecule has 4 amide bonds. The molecule has 242 valence electrons. The van der Waals surface area contributed by atoms with E-state index in [0.717, 1.165) is 16.5 Å². The molecule has 0 fully saturated rings. The van der Waals surface area contributed by atoms with Gasteiger partial charge in [0, 0.05) is 36.3 Å². The number of benzene rings is 1. The van der Waals surface area contributed by atoms with Gasteiger partial charge in [0.15, 0.2) is 5.69 Å². The molecular weight excluding hydrogens is 602 g/mol.